The lowest BCUT2D eigenvalue weighted by atomic mass is 10.2. The summed E-state index contributed by atoms with van der Waals surface area (Å²) in [5.41, 5.74) is 1.76. The molecular formula is C20H24N2O4S. The Bertz CT molecular complexity index is 889. The van der Waals surface area contributed by atoms with Gasteiger partial charge in [0.05, 0.1) is 12.0 Å². The molecule has 0 aromatic heterocycles. The molecule has 1 amide bonds. The number of nitrogens with one attached hydrogen (secondary N) is 1. The monoisotopic (exact) mass is 388 g/mol. The van der Waals surface area contributed by atoms with Crippen molar-refractivity contribution in [3.05, 3.63) is 65.7 Å². The summed E-state index contributed by atoms with van der Waals surface area (Å²) in [4.78, 5) is 14.4. The Balaban J connectivity index is 2.04. The van der Waals surface area contributed by atoms with Crippen LogP contribution < -0.4 is 9.46 Å². The Morgan fingerprint density at radius 1 is 1.11 bits per heavy atom. The third-order valence-electron chi connectivity index (χ3n) is 4.10. The first-order chi connectivity index (χ1) is 12.9. The molecule has 0 aliphatic heterocycles. The lowest BCUT2D eigenvalue weighted by Crippen LogP contribution is -2.28. The SMILES string of the molecule is CCN(Cc1ccc(OC)cc1)C(=O)/C=C/c1ccc(S(=O)(=O)NC)cc1. The summed E-state index contributed by atoms with van der Waals surface area (Å²) >= 11 is 0. The summed E-state index contributed by atoms with van der Waals surface area (Å²) in [6.07, 6.45) is 3.17. The number of rotatable bonds is 8. The number of sulfonamides is 1. The highest BCUT2D eigenvalue weighted by molar-refractivity contribution is 7.89. The molecule has 0 saturated heterocycles. The summed E-state index contributed by atoms with van der Waals surface area (Å²) in [6, 6.07) is 13.9. The van der Waals surface area contributed by atoms with E-state index in [0.717, 1.165) is 16.9 Å². The van der Waals surface area contributed by atoms with E-state index in [1.807, 2.05) is 31.2 Å². The maximum absolute atomic E-state index is 12.5. The number of methoxy groups -OCH3 is 1. The molecule has 2 aromatic rings. The van der Waals surface area contributed by atoms with Crippen LogP contribution in [0.5, 0.6) is 5.75 Å². The Kier molecular flexibility index (Phi) is 7.15. The van der Waals surface area contributed by atoms with E-state index in [9.17, 15) is 13.2 Å². The third kappa shape index (κ3) is 5.67. The number of nitrogens with zero attached hydrogens (tertiary/aromatic N) is 1. The van der Waals surface area contributed by atoms with Gasteiger partial charge in [-0.25, -0.2) is 13.1 Å². The first-order valence-electron chi connectivity index (χ1n) is 8.53. The zero-order chi connectivity index (χ0) is 19.9. The van der Waals surface area contributed by atoms with E-state index in [4.69, 9.17) is 4.74 Å². The number of carbonyl (C=O) groups excluding carboxylic acids is 1. The summed E-state index contributed by atoms with van der Waals surface area (Å²) in [7, 11) is -0.483. The van der Waals surface area contributed by atoms with Crippen LogP contribution in [-0.2, 0) is 21.4 Å². The molecule has 7 heteroatoms. The number of amides is 1. The van der Waals surface area contributed by atoms with Gasteiger partial charge in [-0.3, -0.25) is 4.79 Å². The number of carbonyl (C=O) groups is 1. The Hall–Kier alpha value is -2.64. The molecule has 0 unspecified atom stereocenters. The molecule has 0 bridgehead atoms. The molecule has 6 nitrogen and oxygen atoms in total. The highest BCUT2D eigenvalue weighted by atomic mass is 32.2. The summed E-state index contributed by atoms with van der Waals surface area (Å²) in [5, 5.41) is 0. The fraction of sp³-hybridized carbons (Fsp3) is 0.250. The van der Waals surface area contributed by atoms with Crippen molar-refractivity contribution in [3.63, 3.8) is 0 Å². The zero-order valence-corrected chi connectivity index (χ0v) is 16.5. The van der Waals surface area contributed by atoms with E-state index in [1.54, 1.807) is 30.2 Å². The molecule has 0 aliphatic carbocycles. The van der Waals surface area contributed by atoms with Gasteiger partial charge in [0, 0.05) is 19.2 Å². The maximum atomic E-state index is 12.5. The van der Waals surface area contributed by atoms with Gasteiger partial charge in [0.2, 0.25) is 15.9 Å². The first-order valence-corrected chi connectivity index (χ1v) is 10.0. The molecule has 2 rings (SSSR count). The molecule has 0 radical (unpaired) electrons. The molecule has 1 N–H and O–H groups in total. The summed E-state index contributed by atoms with van der Waals surface area (Å²) < 4.78 is 30.8. The predicted molar refractivity (Wildman–Crippen MR) is 106 cm³/mol. The van der Waals surface area contributed by atoms with Crippen LogP contribution in [0.15, 0.2) is 59.5 Å². The van der Waals surface area contributed by atoms with Crippen LogP contribution in [-0.4, -0.2) is 39.9 Å². The van der Waals surface area contributed by atoms with E-state index in [0.29, 0.717) is 13.1 Å². The van der Waals surface area contributed by atoms with Crippen molar-refractivity contribution < 1.29 is 17.9 Å². The molecule has 0 fully saturated rings. The van der Waals surface area contributed by atoms with Crippen LogP contribution in [0, 0.1) is 0 Å². The van der Waals surface area contributed by atoms with E-state index in [2.05, 4.69) is 4.72 Å². The predicted octanol–water partition coefficient (Wildman–Crippen LogP) is 2.67. The van der Waals surface area contributed by atoms with E-state index in [-0.39, 0.29) is 10.8 Å². The van der Waals surface area contributed by atoms with Gasteiger partial charge in [-0.05, 0) is 55.4 Å². The van der Waals surface area contributed by atoms with Crippen molar-refractivity contribution in [2.24, 2.45) is 0 Å². The van der Waals surface area contributed by atoms with E-state index in [1.165, 1.54) is 25.3 Å². The topological polar surface area (TPSA) is 75.7 Å². The second-order valence-corrected chi connectivity index (χ2v) is 7.70. The van der Waals surface area contributed by atoms with Gasteiger partial charge in [0.15, 0.2) is 0 Å². The maximum Gasteiger partial charge on any atom is 0.246 e. The largest absolute Gasteiger partial charge is 0.497 e. The molecule has 0 spiro atoms. The fourth-order valence-electron chi connectivity index (χ4n) is 2.45. The minimum atomic E-state index is -3.46. The number of benzene rings is 2. The molecule has 144 valence electrons. The Labute approximate surface area is 160 Å². The quantitative estimate of drug-likeness (QED) is 0.706. The summed E-state index contributed by atoms with van der Waals surface area (Å²) in [5.74, 6) is 0.664. The summed E-state index contributed by atoms with van der Waals surface area (Å²) in [6.45, 7) is 3.00. The fourth-order valence-corrected chi connectivity index (χ4v) is 3.18. The van der Waals surface area contributed by atoms with Crippen molar-refractivity contribution in [3.8, 4) is 5.75 Å². The van der Waals surface area contributed by atoms with Crippen LogP contribution in [0.2, 0.25) is 0 Å². The van der Waals surface area contributed by atoms with Gasteiger partial charge in [0.25, 0.3) is 0 Å². The first kappa shape index (κ1) is 20.7. The standard InChI is InChI=1S/C20H24N2O4S/c1-4-22(15-17-5-10-18(26-3)11-6-17)20(23)14-9-16-7-12-19(13-8-16)27(24,25)21-2/h5-14,21H,4,15H2,1-3H3/b14-9+. The van der Waals surface area contributed by atoms with Crippen molar-refractivity contribution in [2.45, 2.75) is 18.4 Å². The lowest BCUT2D eigenvalue weighted by molar-refractivity contribution is -0.126. The van der Waals surface area contributed by atoms with Crippen molar-refractivity contribution in [2.75, 3.05) is 20.7 Å². The van der Waals surface area contributed by atoms with Gasteiger partial charge < -0.3 is 9.64 Å². The van der Waals surface area contributed by atoms with Gasteiger partial charge in [-0.2, -0.15) is 0 Å². The molecule has 0 heterocycles. The number of hydrogen-bond donors (Lipinski definition) is 1. The number of likely N-dealkylation sites (N-methyl/N-ethyl adjacent to an activating group) is 1. The second-order valence-electron chi connectivity index (χ2n) is 5.81. The third-order valence-corrected chi connectivity index (χ3v) is 5.53. The average Bonchev–Trinajstić information content (AvgIpc) is 2.71. The molecule has 2 aromatic carbocycles. The van der Waals surface area contributed by atoms with Crippen LogP contribution >= 0.6 is 0 Å². The van der Waals surface area contributed by atoms with E-state index < -0.39 is 10.0 Å². The van der Waals surface area contributed by atoms with Gasteiger partial charge in [-0.15, -0.1) is 0 Å². The molecule has 0 atom stereocenters. The van der Waals surface area contributed by atoms with Gasteiger partial charge in [0.1, 0.15) is 5.75 Å². The number of hydrogen-bond acceptors (Lipinski definition) is 4. The Morgan fingerprint density at radius 3 is 2.26 bits per heavy atom. The normalized spacial score (nSPS) is 11.5. The Morgan fingerprint density at radius 2 is 1.74 bits per heavy atom. The van der Waals surface area contributed by atoms with Gasteiger partial charge in [-0.1, -0.05) is 24.3 Å². The van der Waals surface area contributed by atoms with E-state index >= 15 is 0 Å². The van der Waals surface area contributed by atoms with Crippen molar-refractivity contribution >= 4 is 22.0 Å². The van der Waals surface area contributed by atoms with Crippen LogP contribution in [0.1, 0.15) is 18.1 Å². The minimum absolute atomic E-state index is 0.111. The minimum Gasteiger partial charge on any atom is -0.497 e. The zero-order valence-electron chi connectivity index (χ0n) is 15.7. The molecule has 0 aliphatic rings. The van der Waals surface area contributed by atoms with Crippen LogP contribution in [0.4, 0.5) is 0 Å². The lowest BCUT2D eigenvalue weighted by Gasteiger charge is -2.19. The molecule has 0 saturated carbocycles. The van der Waals surface area contributed by atoms with Gasteiger partial charge >= 0.3 is 0 Å². The second kappa shape index (κ2) is 9.34. The van der Waals surface area contributed by atoms with Crippen LogP contribution in [0.3, 0.4) is 0 Å². The molecular weight excluding hydrogens is 364 g/mol. The van der Waals surface area contributed by atoms with Crippen LogP contribution in [0.25, 0.3) is 6.08 Å². The average molecular weight is 388 g/mol. The van der Waals surface area contributed by atoms with Crippen molar-refractivity contribution in [1.82, 2.24) is 9.62 Å². The highest BCUT2D eigenvalue weighted by Gasteiger charge is 2.11. The highest BCUT2D eigenvalue weighted by Crippen LogP contribution is 2.14. The smallest absolute Gasteiger partial charge is 0.246 e. The van der Waals surface area contributed by atoms with Crippen molar-refractivity contribution in [1.29, 1.82) is 0 Å². The number of ether oxygens (including phenoxy) is 1. The molecule has 27 heavy (non-hydrogen) atoms.